The van der Waals surface area contributed by atoms with Crippen molar-refractivity contribution in [1.29, 1.82) is 0 Å². The molecule has 6 heteroatoms. The van der Waals surface area contributed by atoms with Gasteiger partial charge in [-0.15, -0.1) is 5.10 Å². The van der Waals surface area contributed by atoms with E-state index in [4.69, 9.17) is 0 Å². The zero-order chi connectivity index (χ0) is 10.2. The molecule has 6 nitrogen and oxygen atoms in total. The third kappa shape index (κ3) is 3.99. The number of likely N-dealkylation sites (N-methyl/N-ethyl adjacent to an activating group) is 1. The zero-order valence-corrected chi connectivity index (χ0v) is 8.23. The SMILES string of the molecule is CCNCC(=O)NCCn1ccnn1. The number of nitrogens with one attached hydrogen (secondary N) is 2. The summed E-state index contributed by atoms with van der Waals surface area (Å²) in [7, 11) is 0. The van der Waals surface area contributed by atoms with Gasteiger partial charge >= 0.3 is 0 Å². The monoisotopic (exact) mass is 197 g/mol. The molecule has 0 aliphatic carbocycles. The Labute approximate surface area is 82.7 Å². The van der Waals surface area contributed by atoms with Crippen LogP contribution in [0.2, 0.25) is 0 Å². The van der Waals surface area contributed by atoms with Gasteiger partial charge in [-0.25, -0.2) is 0 Å². The number of hydrogen-bond donors (Lipinski definition) is 2. The molecule has 0 bridgehead atoms. The van der Waals surface area contributed by atoms with Crippen molar-refractivity contribution < 1.29 is 4.79 Å². The van der Waals surface area contributed by atoms with Gasteiger partial charge in [0.25, 0.3) is 0 Å². The first-order valence-electron chi connectivity index (χ1n) is 4.64. The summed E-state index contributed by atoms with van der Waals surface area (Å²) < 4.78 is 1.67. The first-order chi connectivity index (χ1) is 6.83. The lowest BCUT2D eigenvalue weighted by Crippen LogP contribution is -2.35. The first-order valence-corrected chi connectivity index (χ1v) is 4.64. The number of amides is 1. The van der Waals surface area contributed by atoms with Gasteiger partial charge in [-0.1, -0.05) is 12.1 Å². The smallest absolute Gasteiger partial charge is 0.234 e. The lowest BCUT2D eigenvalue weighted by molar-refractivity contribution is -0.120. The summed E-state index contributed by atoms with van der Waals surface area (Å²) in [5.41, 5.74) is 0. The molecule has 1 amide bonds. The highest BCUT2D eigenvalue weighted by atomic mass is 16.1. The maximum absolute atomic E-state index is 11.1. The molecule has 1 rings (SSSR count). The standard InChI is InChI=1S/C8H15N5O/c1-2-9-7-8(14)10-3-5-13-6-4-11-12-13/h4,6,9H,2-3,5,7H2,1H3,(H,10,14). The molecule has 2 N–H and O–H groups in total. The van der Waals surface area contributed by atoms with E-state index < -0.39 is 0 Å². The van der Waals surface area contributed by atoms with Crippen LogP contribution in [0.3, 0.4) is 0 Å². The summed E-state index contributed by atoms with van der Waals surface area (Å²) in [5, 5.41) is 13.1. The second-order valence-electron chi connectivity index (χ2n) is 2.80. The molecule has 0 aromatic carbocycles. The van der Waals surface area contributed by atoms with E-state index in [0.29, 0.717) is 19.6 Å². The van der Waals surface area contributed by atoms with E-state index in [2.05, 4.69) is 20.9 Å². The highest BCUT2D eigenvalue weighted by Gasteiger charge is 1.98. The summed E-state index contributed by atoms with van der Waals surface area (Å²) in [6, 6.07) is 0. The van der Waals surface area contributed by atoms with E-state index in [1.165, 1.54) is 0 Å². The number of nitrogens with zero attached hydrogens (tertiary/aromatic N) is 3. The molecular weight excluding hydrogens is 182 g/mol. The van der Waals surface area contributed by atoms with Crippen molar-refractivity contribution in [3.63, 3.8) is 0 Å². The lowest BCUT2D eigenvalue weighted by Gasteiger charge is -2.04. The van der Waals surface area contributed by atoms with E-state index in [1.807, 2.05) is 6.92 Å². The van der Waals surface area contributed by atoms with Crippen LogP contribution in [0.15, 0.2) is 12.4 Å². The van der Waals surface area contributed by atoms with Gasteiger partial charge in [-0.2, -0.15) is 0 Å². The largest absolute Gasteiger partial charge is 0.353 e. The minimum absolute atomic E-state index is 0.00645. The fourth-order valence-electron chi connectivity index (χ4n) is 0.963. The average Bonchev–Trinajstić information content (AvgIpc) is 2.67. The predicted molar refractivity (Wildman–Crippen MR) is 51.6 cm³/mol. The maximum Gasteiger partial charge on any atom is 0.234 e. The summed E-state index contributed by atoms with van der Waals surface area (Å²) >= 11 is 0. The van der Waals surface area contributed by atoms with Crippen LogP contribution >= 0.6 is 0 Å². The van der Waals surface area contributed by atoms with Crippen LogP contribution in [-0.2, 0) is 11.3 Å². The third-order valence-corrected chi connectivity index (χ3v) is 1.67. The highest BCUT2D eigenvalue weighted by molar-refractivity contribution is 5.77. The molecule has 0 saturated heterocycles. The summed E-state index contributed by atoms with van der Waals surface area (Å²) in [6.45, 7) is 4.36. The molecule has 78 valence electrons. The average molecular weight is 197 g/mol. The van der Waals surface area contributed by atoms with Gasteiger partial charge in [0.15, 0.2) is 0 Å². The van der Waals surface area contributed by atoms with E-state index in [0.717, 1.165) is 6.54 Å². The molecule has 0 fully saturated rings. The number of aromatic nitrogens is 3. The molecule has 1 aromatic heterocycles. The Balaban J connectivity index is 2.06. The fourth-order valence-corrected chi connectivity index (χ4v) is 0.963. The molecule has 1 aromatic rings. The Bertz CT molecular complexity index is 259. The topological polar surface area (TPSA) is 71.8 Å². The van der Waals surface area contributed by atoms with Crippen molar-refractivity contribution in [2.75, 3.05) is 19.6 Å². The van der Waals surface area contributed by atoms with Crippen molar-refractivity contribution in [2.45, 2.75) is 13.5 Å². The van der Waals surface area contributed by atoms with Crippen LogP contribution in [0.5, 0.6) is 0 Å². The Morgan fingerprint density at radius 1 is 1.57 bits per heavy atom. The van der Waals surface area contributed by atoms with Crippen molar-refractivity contribution in [3.8, 4) is 0 Å². The van der Waals surface area contributed by atoms with Crippen molar-refractivity contribution in [2.24, 2.45) is 0 Å². The second-order valence-corrected chi connectivity index (χ2v) is 2.80. The number of carbonyl (C=O) groups is 1. The first kappa shape index (κ1) is 10.6. The van der Waals surface area contributed by atoms with Crippen LogP contribution in [-0.4, -0.2) is 40.5 Å². The summed E-state index contributed by atoms with van der Waals surface area (Å²) in [5.74, 6) is 0.00645. The normalized spacial score (nSPS) is 10.1. The van der Waals surface area contributed by atoms with E-state index >= 15 is 0 Å². The van der Waals surface area contributed by atoms with Gasteiger partial charge in [0.05, 0.1) is 19.3 Å². The number of hydrogen-bond acceptors (Lipinski definition) is 4. The Morgan fingerprint density at radius 2 is 2.43 bits per heavy atom. The Hall–Kier alpha value is -1.43. The van der Waals surface area contributed by atoms with Gasteiger partial charge in [-0.3, -0.25) is 9.48 Å². The minimum Gasteiger partial charge on any atom is -0.353 e. The van der Waals surface area contributed by atoms with Gasteiger partial charge in [-0.05, 0) is 6.54 Å². The molecule has 0 aliphatic rings. The summed E-state index contributed by atoms with van der Waals surface area (Å²) in [6.07, 6.45) is 3.37. The zero-order valence-electron chi connectivity index (χ0n) is 8.23. The van der Waals surface area contributed by atoms with E-state index in [-0.39, 0.29) is 5.91 Å². The Morgan fingerprint density at radius 3 is 3.07 bits per heavy atom. The Kier molecular flexibility index (Phi) is 4.63. The predicted octanol–water partition coefficient (Wildman–Crippen LogP) is -0.996. The van der Waals surface area contributed by atoms with Crippen LogP contribution < -0.4 is 10.6 Å². The van der Waals surface area contributed by atoms with Gasteiger partial charge in [0, 0.05) is 12.7 Å². The highest BCUT2D eigenvalue weighted by Crippen LogP contribution is 1.78. The van der Waals surface area contributed by atoms with Gasteiger partial charge < -0.3 is 10.6 Å². The van der Waals surface area contributed by atoms with E-state index in [9.17, 15) is 4.79 Å². The van der Waals surface area contributed by atoms with Gasteiger partial charge in [0.2, 0.25) is 5.91 Å². The number of rotatable bonds is 6. The molecule has 0 atom stereocenters. The molecular formula is C8H15N5O. The molecule has 0 aliphatic heterocycles. The van der Waals surface area contributed by atoms with Crippen LogP contribution in [0.25, 0.3) is 0 Å². The molecule has 0 saturated carbocycles. The van der Waals surface area contributed by atoms with Gasteiger partial charge in [0.1, 0.15) is 0 Å². The molecule has 0 spiro atoms. The quantitative estimate of drug-likeness (QED) is 0.614. The molecule has 0 radical (unpaired) electrons. The van der Waals surface area contributed by atoms with Crippen LogP contribution in [0, 0.1) is 0 Å². The second kappa shape index (κ2) is 6.09. The maximum atomic E-state index is 11.1. The van der Waals surface area contributed by atoms with Crippen molar-refractivity contribution in [3.05, 3.63) is 12.4 Å². The fraction of sp³-hybridized carbons (Fsp3) is 0.625. The van der Waals surface area contributed by atoms with Crippen molar-refractivity contribution >= 4 is 5.91 Å². The minimum atomic E-state index is 0.00645. The molecule has 1 heterocycles. The van der Waals surface area contributed by atoms with Crippen LogP contribution in [0.1, 0.15) is 6.92 Å². The lowest BCUT2D eigenvalue weighted by atomic mass is 10.5. The molecule has 14 heavy (non-hydrogen) atoms. The van der Waals surface area contributed by atoms with E-state index in [1.54, 1.807) is 17.1 Å². The molecule has 0 unspecified atom stereocenters. The van der Waals surface area contributed by atoms with Crippen LogP contribution in [0.4, 0.5) is 0 Å². The summed E-state index contributed by atoms with van der Waals surface area (Å²) in [4.78, 5) is 11.1. The van der Waals surface area contributed by atoms with Crippen molar-refractivity contribution in [1.82, 2.24) is 25.6 Å². The number of carbonyl (C=O) groups excluding carboxylic acids is 1. The third-order valence-electron chi connectivity index (χ3n) is 1.67.